The Kier molecular flexibility index (Phi) is 5.89. The molecular formula is C10Cl2F18O. The van der Waals surface area contributed by atoms with Gasteiger partial charge in [0.05, 0.1) is 0 Å². The monoisotopic (exact) mass is 548 g/mol. The molecule has 0 radical (unpaired) electrons. The molecule has 1 nitrogen and oxygen atoms in total. The molecule has 0 N–H and O–H groups in total. The maximum atomic E-state index is 13.8. The van der Waals surface area contributed by atoms with Gasteiger partial charge in [0.15, 0.2) is 0 Å². The first-order valence-corrected chi connectivity index (χ1v) is 7.19. The van der Waals surface area contributed by atoms with Crippen molar-refractivity contribution in [3.63, 3.8) is 0 Å². The number of alkyl halides is 20. The van der Waals surface area contributed by atoms with Crippen LogP contribution in [0, 0.1) is 0 Å². The van der Waals surface area contributed by atoms with Gasteiger partial charge < -0.3 is 4.74 Å². The largest absolute Gasteiger partial charge is 0.460 e. The summed E-state index contributed by atoms with van der Waals surface area (Å²) in [5, 5.41) is -14.1. The average molecular weight is 549 g/mol. The summed E-state index contributed by atoms with van der Waals surface area (Å²) < 4.78 is 237. The Morgan fingerprint density at radius 3 is 0.806 bits per heavy atom. The topological polar surface area (TPSA) is 9.23 Å². The maximum Gasteiger partial charge on any atom is 0.460 e. The third-order valence-electron chi connectivity index (χ3n) is 3.79. The van der Waals surface area contributed by atoms with Gasteiger partial charge in [0.2, 0.25) is 0 Å². The van der Waals surface area contributed by atoms with Crippen molar-refractivity contribution in [1.29, 1.82) is 0 Å². The second-order valence-corrected chi connectivity index (χ2v) is 6.80. The van der Waals surface area contributed by atoms with Gasteiger partial charge in [0, 0.05) is 0 Å². The molecule has 0 aromatic rings. The van der Waals surface area contributed by atoms with Crippen LogP contribution in [0.15, 0.2) is 0 Å². The van der Waals surface area contributed by atoms with Crippen LogP contribution in [0.5, 0.6) is 0 Å². The van der Waals surface area contributed by atoms with Crippen molar-refractivity contribution in [2.45, 2.75) is 58.0 Å². The Hall–Kier alpha value is -0.720. The second kappa shape index (κ2) is 6.44. The Morgan fingerprint density at radius 2 is 0.645 bits per heavy atom. The lowest BCUT2D eigenvalue weighted by atomic mass is 9.92. The van der Waals surface area contributed by atoms with Gasteiger partial charge in [-0.1, -0.05) is 23.2 Å². The summed E-state index contributed by atoms with van der Waals surface area (Å²) in [6.45, 7) is 0. The zero-order valence-electron chi connectivity index (χ0n) is 13.0. The van der Waals surface area contributed by atoms with Crippen LogP contribution in [0.4, 0.5) is 79.0 Å². The Morgan fingerprint density at radius 1 is 0.452 bits per heavy atom. The summed E-state index contributed by atoms with van der Waals surface area (Å²) in [5.74, 6) is -47.0. The first-order chi connectivity index (χ1) is 13.0. The first-order valence-electron chi connectivity index (χ1n) is 6.44. The van der Waals surface area contributed by atoms with Crippen molar-refractivity contribution >= 4 is 23.2 Å². The number of rotatable bonds is 4. The smallest absolute Gasteiger partial charge is 0.314 e. The Bertz CT molecular complexity index is 664. The first kappa shape index (κ1) is 28.3. The molecule has 1 fully saturated rings. The van der Waals surface area contributed by atoms with Gasteiger partial charge in [-0.25, -0.2) is 0 Å². The fourth-order valence-electron chi connectivity index (χ4n) is 2.01. The standard InChI is InChI=1S/C10Cl2F18O/c11-1(5(17,18)7(21,22)9(25,26)27)3(13,14)4(15,16)2(12,31-1)6(19,20)8(23,24)10(28,29)30. The molecule has 0 amide bonds. The molecule has 1 saturated heterocycles. The van der Waals surface area contributed by atoms with Gasteiger partial charge in [0.25, 0.3) is 10.1 Å². The molecule has 1 rings (SSSR count). The molecule has 0 spiro atoms. The molecule has 21 heteroatoms. The predicted molar refractivity (Wildman–Crippen MR) is 60.0 cm³/mol. The molecule has 1 aliphatic rings. The van der Waals surface area contributed by atoms with E-state index in [1.165, 1.54) is 0 Å². The van der Waals surface area contributed by atoms with E-state index < -0.39 is 58.0 Å². The van der Waals surface area contributed by atoms with Crippen LogP contribution >= 0.6 is 23.2 Å². The van der Waals surface area contributed by atoms with E-state index in [2.05, 4.69) is 27.9 Å². The summed E-state index contributed by atoms with van der Waals surface area (Å²) >= 11 is 7.92. The van der Waals surface area contributed by atoms with E-state index in [0.717, 1.165) is 0 Å². The van der Waals surface area contributed by atoms with Gasteiger partial charge in [-0.2, -0.15) is 79.0 Å². The van der Waals surface area contributed by atoms with Gasteiger partial charge in [-0.3, -0.25) is 0 Å². The van der Waals surface area contributed by atoms with Crippen LogP contribution in [0.25, 0.3) is 0 Å². The summed E-state index contributed by atoms with van der Waals surface area (Å²) in [7, 11) is 0. The van der Waals surface area contributed by atoms with Crippen molar-refractivity contribution in [2.75, 3.05) is 0 Å². The van der Waals surface area contributed by atoms with E-state index in [1.807, 2.05) is 0 Å². The van der Waals surface area contributed by atoms with E-state index in [1.54, 1.807) is 0 Å². The molecular weight excluding hydrogens is 549 g/mol. The minimum atomic E-state index is -7.93. The Labute approximate surface area is 166 Å². The number of halogens is 20. The number of hydrogen-bond acceptors (Lipinski definition) is 1. The van der Waals surface area contributed by atoms with Gasteiger partial charge in [-0.05, 0) is 0 Å². The third kappa shape index (κ3) is 2.93. The fraction of sp³-hybridized carbons (Fsp3) is 1.00. The molecule has 186 valence electrons. The van der Waals surface area contributed by atoms with Crippen LogP contribution in [-0.2, 0) is 4.74 Å². The normalized spacial score (nSPS) is 30.6. The zero-order valence-corrected chi connectivity index (χ0v) is 14.5. The average Bonchev–Trinajstić information content (AvgIpc) is 2.61. The molecule has 0 aliphatic carbocycles. The second-order valence-electron chi connectivity index (χ2n) is 5.73. The minimum Gasteiger partial charge on any atom is -0.314 e. The number of ether oxygens (including phenoxy) is 1. The van der Waals surface area contributed by atoms with Gasteiger partial charge in [-0.15, -0.1) is 0 Å². The maximum absolute atomic E-state index is 13.8. The molecule has 2 atom stereocenters. The van der Waals surface area contributed by atoms with Crippen molar-refractivity contribution < 1.29 is 83.8 Å². The molecule has 0 bridgehead atoms. The lowest BCUT2D eigenvalue weighted by molar-refractivity contribution is -0.407. The number of hydrogen-bond donors (Lipinski definition) is 0. The third-order valence-corrected chi connectivity index (χ3v) is 4.90. The molecule has 2 unspecified atom stereocenters. The van der Waals surface area contributed by atoms with Crippen LogP contribution in [0.1, 0.15) is 0 Å². The summed E-state index contributed by atoms with van der Waals surface area (Å²) in [4.78, 5) is 0. The van der Waals surface area contributed by atoms with E-state index in [-0.39, 0.29) is 0 Å². The molecule has 31 heavy (non-hydrogen) atoms. The fourth-order valence-corrected chi connectivity index (χ4v) is 2.75. The van der Waals surface area contributed by atoms with Crippen molar-refractivity contribution in [2.24, 2.45) is 0 Å². The molecule has 1 aliphatic heterocycles. The van der Waals surface area contributed by atoms with Crippen molar-refractivity contribution in [3.05, 3.63) is 0 Å². The lowest BCUT2D eigenvalue weighted by Crippen LogP contribution is -2.69. The van der Waals surface area contributed by atoms with E-state index in [9.17, 15) is 79.0 Å². The zero-order chi connectivity index (χ0) is 25.7. The molecule has 0 aromatic heterocycles. The molecule has 0 aromatic carbocycles. The van der Waals surface area contributed by atoms with Crippen LogP contribution in [-0.4, -0.2) is 58.0 Å². The van der Waals surface area contributed by atoms with Gasteiger partial charge >= 0.3 is 47.9 Å². The minimum absolute atomic E-state index is 2.23. The quantitative estimate of drug-likeness (QED) is 0.277. The van der Waals surface area contributed by atoms with Crippen molar-refractivity contribution in [1.82, 2.24) is 0 Å². The van der Waals surface area contributed by atoms with E-state index in [4.69, 9.17) is 0 Å². The van der Waals surface area contributed by atoms with E-state index >= 15 is 0 Å². The van der Waals surface area contributed by atoms with Crippen molar-refractivity contribution in [3.8, 4) is 0 Å². The Balaban J connectivity index is 3.94. The predicted octanol–water partition coefficient (Wildman–Crippen LogP) is 6.82. The van der Waals surface area contributed by atoms with E-state index in [0.29, 0.717) is 0 Å². The molecule has 1 heterocycles. The van der Waals surface area contributed by atoms with Crippen LogP contribution < -0.4 is 0 Å². The van der Waals surface area contributed by atoms with Crippen LogP contribution in [0.2, 0.25) is 0 Å². The van der Waals surface area contributed by atoms with Crippen LogP contribution in [0.3, 0.4) is 0 Å². The molecule has 0 saturated carbocycles. The highest BCUT2D eigenvalue weighted by molar-refractivity contribution is 6.28. The van der Waals surface area contributed by atoms with Gasteiger partial charge in [0.1, 0.15) is 0 Å². The highest BCUT2D eigenvalue weighted by atomic mass is 35.5. The summed E-state index contributed by atoms with van der Waals surface area (Å²) in [5.41, 5.74) is 0. The lowest BCUT2D eigenvalue weighted by Gasteiger charge is -2.40. The summed E-state index contributed by atoms with van der Waals surface area (Å²) in [6.07, 6.45) is -15.3. The SMILES string of the molecule is FC(F)(F)C(F)(F)C(F)(F)C1(Cl)OC(Cl)(C(F)(F)C(F)(F)C(F)(F)F)C(F)(F)C1(F)F. The summed E-state index contributed by atoms with van der Waals surface area (Å²) in [6, 6.07) is 0. The highest BCUT2D eigenvalue weighted by Gasteiger charge is 3.02. The highest BCUT2D eigenvalue weighted by Crippen LogP contribution is 2.73.